The van der Waals surface area contributed by atoms with Crippen LogP contribution in [0, 0.1) is 0 Å². The van der Waals surface area contributed by atoms with E-state index in [1.807, 2.05) is 31.2 Å². The van der Waals surface area contributed by atoms with Gasteiger partial charge in [0.2, 0.25) is 0 Å². The molecule has 0 amide bonds. The predicted octanol–water partition coefficient (Wildman–Crippen LogP) is 4.43. The largest absolute Gasteiger partial charge is 0.488 e. The minimum absolute atomic E-state index is 0.320. The van der Waals surface area contributed by atoms with E-state index >= 15 is 0 Å². The summed E-state index contributed by atoms with van der Waals surface area (Å²) >= 11 is 13.2. The molecule has 1 aromatic heterocycles. The monoisotopic (exact) mass is 316 g/mol. The second kappa shape index (κ2) is 6.62. The molecule has 0 bridgehead atoms. The molecule has 0 saturated carbocycles. The molecule has 0 aliphatic rings. The van der Waals surface area contributed by atoms with Gasteiger partial charge in [-0.1, -0.05) is 29.3 Å². The van der Waals surface area contributed by atoms with Gasteiger partial charge in [-0.3, -0.25) is 0 Å². The number of rotatable bonds is 5. The molecule has 2 aromatic rings. The molecule has 102 valence electrons. The van der Waals surface area contributed by atoms with Crippen molar-refractivity contribution in [2.75, 3.05) is 0 Å². The number of hydrogen-bond donors (Lipinski definition) is 1. The molecule has 5 heteroatoms. The van der Waals surface area contributed by atoms with Crippen molar-refractivity contribution in [3.05, 3.63) is 50.6 Å². The van der Waals surface area contributed by atoms with Crippen LogP contribution in [0.3, 0.4) is 0 Å². The van der Waals surface area contributed by atoms with E-state index in [4.69, 9.17) is 27.9 Å². The molecule has 0 saturated heterocycles. The van der Waals surface area contributed by atoms with Crippen LogP contribution in [-0.4, -0.2) is 17.3 Å². The van der Waals surface area contributed by atoms with Crippen molar-refractivity contribution in [3.63, 3.8) is 0 Å². The molecule has 0 aliphatic heterocycles. The first-order valence-corrected chi connectivity index (χ1v) is 7.46. The molecular weight excluding hydrogens is 303 g/mol. The molecule has 1 aromatic carbocycles. The van der Waals surface area contributed by atoms with Crippen molar-refractivity contribution >= 4 is 34.5 Å². The topological polar surface area (TPSA) is 29.5 Å². The maximum absolute atomic E-state index is 10.1. The fraction of sp³-hybridized carbons (Fsp3) is 0.286. The summed E-state index contributed by atoms with van der Waals surface area (Å²) in [5, 5.41) is 10.7. The number of aliphatic hydroxyl groups is 1. The first-order valence-electron chi connectivity index (χ1n) is 5.89. The molecule has 2 nitrogen and oxygen atoms in total. The van der Waals surface area contributed by atoms with Crippen LogP contribution in [0.25, 0.3) is 0 Å². The van der Waals surface area contributed by atoms with Gasteiger partial charge in [0, 0.05) is 16.3 Å². The SMILES string of the molecule is CC(Oc1cccc(Cl)c1)C(O)Cc1ccc(Cl)s1. The van der Waals surface area contributed by atoms with Crippen molar-refractivity contribution in [3.8, 4) is 5.75 Å². The summed E-state index contributed by atoms with van der Waals surface area (Å²) in [7, 11) is 0. The summed E-state index contributed by atoms with van der Waals surface area (Å²) in [4.78, 5) is 1.04. The zero-order valence-electron chi connectivity index (χ0n) is 10.3. The maximum atomic E-state index is 10.1. The summed E-state index contributed by atoms with van der Waals surface area (Å²) in [5.74, 6) is 0.656. The lowest BCUT2D eigenvalue weighted by atomic mass is 10.1. The third-order valence-corrected chi connectivity index (χ3v) is 4.19. The molecule has 0 spiro atoms. The van der Waals surface area contributed by atoms with Crippen molar-refractivity contribution in [2.24, 2.45) is 0 Å². The van der Waals surface area contributed by atoms with Crippen LogP contribution in [0.1, 0.15) is 11.8 Å². The summed E-state index contributed by atoms with van der Waals surface area (Å²) in [5.41, 5.74) is 0. The van der Waals surface area contributed by atoms with Gasteiger partial charge in [0.25, 0.3) is 0 Å². The van der Waals surface area contributed by atoms with Gasteiger partial charge in [-0.25, -0.2) is 0 Å². The fourth-order valence-corrected chi connectivity index (χ4v) is 2.98. The highest BCUT2D eigenvalue weighted by Crippen LogP contribution is 2.24. The van der Waals surface area contributed by atoms with Crippen LogP contribution in [0.5, 0.6) is 5.75 Å². The Hall–Kier alpha value is -0.740. The third-order valence-electron chi connectivity index (χ3n) is 2.70. The normalized spacial score (nSPS) is 14.1. The number of benzene rings is 1. The van der Waals surface area contributed by atoms with E-state index in [0.717, 1.165) is 9.21 Å². The lowest BCUT2D eigenvalue weighted by molar-refractivity contribution is 0.0484. The quantitative estimate of drug-likeness (QED) is 0.884. The van der Waals surface area contributed by atoms with Crippen LogP contribution in [0.2, 0.25) is 9.36 Å². The first kappa shape index (κ1) is 14.7. The molecule has 2 unspecified atom stereocenters. The molecule has 19 heavy (non-hydrogen) atoms. The van der Waals surface area contributed by atoms with E-state index in [1.165, 1.54) is 11.3 Å². The predicted molar refractivity (Wildman–Crippen MR) is 80.6 cm³/mol. The van der Waals surface area contributed by atoms with Gasteiger partial charge in [0.1, 0.15) is 11.9 Å². The Morgan fingerprint density at radius 2 is 2.05 bits per heavy atom. The van der Waals surface area contributed by atoms with E-state index in [-0.39, 0.29) is 6.10 Å². The lowest BCUT2D eigenvalue weighted by Crippen LogP contribution is -2.30. The Morgan fingerprint density at radius 3 is 2.68 bits per heavy atom. The van der Waals surface area contributed by atoms with Gasteiger partial charge >= 0.3 is 0 Å². The standard InChI is InChI=1S/C14H14Cl2O2S/c1-9(18-11-4-2-3-10(15)7-11)13(17)8-12-5-6-14(16)19-12/h2-7,9,13,17H,8H2,1H3. The summed E-state index contributed by atoms with van der Waals surface area (Å²) in [6.45, 7) is 1.83. The Balaban J connectivity index is 1.93. The van der Waals surface area contributed by atoms with Gasteiger partial charge in [0.05, 0.1) is 10.4 Å². The Labute approximate surface area is 126 Å². The Bertz CT molecular complexity index is 542. The number of thiophene rings is 1. The van der Waals surface area contributed by atoms with Gasteiger partial charge in [-0.15, -0.1) is 11.3 Å². The van der Waals surface area contributed by atoms with Gasteiger partial charge < -0.3 is 9.84 Å². The average Bonchev–Trinajstić information content (AvgIpc) is 2.74. The summed E-state index contributed by atoms with van der Waals surface area (Å²) in [6, 6.07) is 10.9. The molecule has 1 N–H and O–H groups in total. The van der Waals surface area contributed by atoms with Crippen LogP contribution in [0.4, 0.5) is 0 Å². The highest BCUT2D eigenvalue weighted by atomic mass is 35.5. The third kappa shape index (κ3) is 4.39. The molecule has 2 rings (SSSR count). The van der Waals surface area contributed by atoms with Gasteiger partial charge in [0.15, 0.2) is 0 Å². The Kier molecular flexibility index (Phi) is 5.11. The van der Waals surface area contributed by atoms with Gasteiger partial charge in [-0.05, 0) is 37.3 Å². The summed E-state index contributed by atoms with van der Waals surface area (Å²) in [6.07, 6.45) is -0.382. The number of halogens is 2. The fourth-order valence-electron chi connectivity index (χ4n) is 1.67. The van der Waals surface area contributed by atoms with E-state index in [1.54, 1.807) is 12.1 Å². The average molecular weight is 317 g/mol. The molecular formula is C14H14Cl2O2S. The molecule has 0 fully saturated rings. The molecule has 0 radical (unpaired) electrons. The number of aliphatic hydroxyl groups excluding tert-OH is 1. The highest BCUT2D eigenvalue weighted by Gasteiger charge is 2.17. The molecule has 2 atom stereocenters. The second-order valence-corrected chi connectivity index (χ2v) is 6.49. The van der Waals surface area contributed by atoms with Gasteiger partial charge in [-0.2, -0.15) is 0 Å². The van der Waals surface area contributed by atoms with E-state index in [2.05, 4.69) is 0 Å². The number of hydrogen-bond acceptors (Lipinski definition) is 3. The number of ether oxygens (including phenoxy) is 1. The first-order chi connectivity index (χ1) is 9.04. The minimum Gasteiger partial charge on any atom is -0.488 e. The van der Waals surface area contributed by atoms with E-state index in [9.17, 15) is 5.11 Å². The second-order valence-electron chi connectivity index (χ2n) is 4.26. The maximum Gasteiger partial charge on any atom is 0.122 e. The van der Waals surface area contributed by atoms with E-state index < -0.39 is 6.10 Å². The Morgan fingerprint density at radius 1 is 1.26 bits per heavy atom. The molecule has 1 heterocycles. The minimum atomic E-state index is -0.589. The van der Waals surface area contributed by atoms with E-state index in [0.29, 0.717) is 17.2 Å². The summed E-state index contributed by atoms with van der Waals surface area (Å²) < 4.78 is 6.40. The van der Waals surface area contributed by atoms with Crippen molar-refractivity contribution in [2.45, 2.75) is 25.6 Å². The smallest absolute Gasteiger partial charge is 0.122 e. The zero-order chi connectivity index (χ0) is 13.8. The molecule has 0 aliphatic carbocycles. The zero-order valence-corrected chi connectivity index (χ0v) is 12.7. The van der Waals surface area contributed by atoms with Crippen LogP contribution in [-0.2, 0) is 6.42 Å². The van der Waals surface area contributed by atoms with Crippen molar-refractivity contribution in [1.82, 2.24) is 0 Å². The van der Waals surface area contributed by atoms with Crippen LogP contribution >= 0.6 is 34.5 Å². The van der Waals surface area contributed by atoms with Crippen molar-refractivity contribution in [1.29, 1.82) is 0 Å². The van der Waals surface area contributed by atoms with Crippen LogP contribution < -0.4 is 4.74 Å². The van der Waals surface area contributed by atoms with Crippen LogP contribution in [0.15, 0.2) is 36.4 Å². The highest BCUT2D eigenvalue weighted by molar-refractivity contribution is 7.16. The van der Waals surface area contributed by atoms with Crippen molar-refractivity contribution < 1.29 is 9.84 Å². The lowest BCUT2D eigenvalue weighted by Gasteiger charge is -2.20.